The SMILES string of the molecule is CCCCCCCOc1ccc(C2C(C#N)=C(N)Oc3cc(OC(=O)c4ccccc4F)ccc32)cc1OC. The van der Waals surface area contributed by atoms with Crippen molar-refractivity contribution >= 4 is 5.97 Å². The van der Waals surface area contributed by atoms with Crippen LogP contribution in [0.25, 0.3) is 0 Å². The molecule has 39 heavy (non-hydrogen) atoms. The van der Waals surface area contributed by atoms with E-state index in [2.05, 4.69) is 13.0 Å². The van der Waals surface area contributed by atoms with Crippen LogP contribution in [0.2, 0.25) is 0 Å². The molecule has 1 aliphatic rings. The number of allylic oxidation sites excluding steroid dienone is 1. The first-order valence-corrected chi connectivity index (χ1v) is 13.0. The molecule has 1 aliphatic heterocycles. The summed E-state index contributed by atoms with van der Waals surface area (Å²) in [4.78, 5) is 12.5. The summed E-state index contributed by atoms with van der Waals surface area (Å²) in [5.74, 6) is -0.495. The van der Waals surface area contributed by atoms with E-state index in [4.69, 9.17) is 24.7 Å². The summed E-state index contributed by atoms with van der Waals surface area (Å²) < 4.78 is 36.7. The lowest BCUT2D eigenvalue weighted by atomic mass is 9.83. The highest BCUT2D eigenvalue weighted by Gasteiger charge is 2.32. The monoisotopic (exact) mass is 530 g/mol. The van der Waals surface area contributed by atoms with Crippen LogP contribution in [0.4, 0.5) is 4.39 Å². The molecular formula is C31H31FN2O5. The van der Waals surface area contributed by atoms with Gasteiger partial charge in [-0.15, -0.1) is 0 Å². The number of ether oxygens (including phenoxy) is 4. The summed E-state index contributed by atoms with van der Waals surface area (Å²) in [7, 11) is 1.57. The maximum Gasteiger partial charge on any atom is 0.346 e. The second-order valence-corrected chi connectivity index (χ2v) is 9.17. The number of nitrogens with two attached hydrogens (primary N) is 1. The summed E-state index contributed by atoms with van der Waals surface area (Å²) in [6.45, 7) is 2.77. The number of rotatable bonds is 11. The van der Waals surface area contributed by atoms with Gasteiger partial charge in [0.05, 0.1) is 25.2 Å². The van der Waals surface area contributed by atoms with Crippen molar-refractivity contribution < 1.29 is 28.1 Å². The minimum Gasteiger partial charge on any atom is -0.493 e. The molecular weight excluding hydrogens is 499 g/mol. The molecule has 0 amide bonds. The maximum atomic E-state index is 14.0. The molecule has 7 nitrogen and oxygen atoms in total. The van der Waals surface area contributed by atoms with E-state index < -0.39 is 17.7 Å². The minimum atomic E-state index is -0.840. The Hall–Kier alpha value is -4.51. The molecule has 202 valence electrons. The first-order valence-electron chi connectivity index (χ1n) is 13.0. The first kappa shape index (κ1) is 27.5. The zero-order valence-electron chi connectivity index (χ0n) is 22.0. The molecule has 8 heteroatoms. The Balaban J connectivity index is 1.58. The molecule has 0 fully saturated rings. The van der Waals surface area contributed by atoms with E-state index in [-0.39, 0.29) is 22.8 Å². The van der Waals surface area contributed by atoms with Gasteiger partial charge < -0.3 is 24.7 Å². The molecule has 0 spiro atoms. The molecule has 0 bridgehead atoms. The van der Waals surface area contributed by atoms with E-state index in [1.54, 1.807) is 25.3 Å². The van der Waals surface area contributed by atoms with E-state index in [0.717, 1.165) is 18.4 Å². The van der Waals surface area contributed by atoms with Crippen molar-refractivity contribution in [1.29, 1.82) is 5.26 Å². The number of halogens is 1. The highest BCUT2D eigenvalue weighted by atomic mass is 19.1. The smallest absolute Gasteiger partial charge is 0.346 e. The van der Waals surface area contributed by atoms with Crippen molar-refractivity contribution in [3.63, 3.8) is 0 Å². The fraction of sp³-hybridized carbons (Fsp3) is 0.290. The van der Waals surface area contributed by atoms with Crippen molar-refractivity contribution in [1.82, 2.24) is 0 Å². The number of fused-ring (bicyclic) bond motifs is 1. The maximum absolute atomic E-state index is 14.0. The predicted octanol–water partition coefficient (Wildman–Crippen LogP) is 6.62. The lowest BCUT2D eigenvalue weighted by Crippen LogP contribution is -2.21. The van der Waals surface area contributed by atoms with Crippen molar-refractivity contribution in [3.8, 4) is 29.1 Å². The fourth-order valence-corrected chi connectivity index (χ4v) is 4.50. The molecule has 0 saturated heterocycles. The highest BCUT2D eigenvalue weighted by molar-refractivity contribution is 5.91. The molecule has 0 radical (unpaired) electrons. The molecule has 3 aromatic carbocycles. The third kappa shape index (κ3) is 6.32. The van der Waals surface area contributed by atoms with Crippen LogP contribution in [-0.2, 0) is 0 Å². The van der Waals surface area contributed by atoms with Gasteiger partial charge in [0.1, 0.15) is 29.0 Å². The summed E-state index contributed by atoms with van der Waals surface area (Å²) >= 11 is 0. The number of benzene rings is 3. The van der Waals surface area contributed by atoms with Gasteiger partial charge in [0, 0.05) is 11.6 Å². The molecule has 1 heterocycles. The number of methoxy groups -OCH3 is 1. The summed E-state index contributed by atoms with van der Waals surface area (Å²) in [5, 5.41) is 9.90. The standard InChI is InChI=1S/C31H31FN2O5/c1-3-4-5-6-9-16-37-26-15-12-20(17-28(26)36-2)29-23-14-13-21(18-27(23)39-30(34)24(29)19-33)38-31(35)22-10-7-8-11-25(22)32/h7-8,10-15,17-18,29H,3-6,9,16,34H2,1-2H3. The Kier molecular flexibility index (Phi) is 9.06. The van der Waals surface area contributed by atoms with Crippen LogP contribution in [0.3, 0.4) is 0 Å². The molecule has 1 unspecified atom stereocenters. The van der Waals surface area contributed by atoms with Crippen LogP contribution in [0.15, 0.2) is 72.1 Å². The number of nitrogens with zero attached hydrogens (tertiary/aromatic N) is 1. The minimum absolute atomic E-state index is 0.0565. The van der Waals surface area contributed by atoms with Gasteiger partial charge in [-0.25, -0.2) is 9.18 Å². The van der Waals surface area contributed by atoms with Gasteiger partial charge in [-0.1, -0.05) is 56.9 Å². The zero-order chi connectivity index (χ0) is 27.8. The molecule has 0 aliphatic carbocycles. The highest BCUT2D eigenvalue weighted by Crippen LogP contribution is 2.45. The molecule has 0 aromatic heterocycles. The summed E-state index contributed by atoms with van der Waals surface area (Å²) in [6.07, 6.45) is 5.67. The average Bonchev–Trinajstić information content (AvgIpc) is 2.94. The second kappa shape index (κ2) is 12.8. The van der Waals surface area contributed by atoms with Gasteiger partial charge in [-0.05, 0) is 42.3 Å². The van der Waals surface area contributed by atoms with Crippen LogP contribution in [-0.4, -0.2) is 19.7 Å². The van der Waals surface area contributed by atoms with Crippen LogP contribution >= 0.6 is 0 Å². The predicted molar refractivity (Wildman–Crippen MR) is 144 cm³/mol. The number of hydrogen-bond donors (Lipinski definition) is 1. The number of carbonyl (C=O) groups is 1. The third-order valence-electron chi connectivity index (χ3n) is 6.52. The Morgan fingerprint density at radius 1 is 1.05 bits per heavy atom. The van der Waals surface area contributed by atoms with E-state index in [0.29, 0.717) is 29.4 Å². The molecule has 0 saturated carbocycles. The molecule has 1 atom stereocenters. The van der Waals surface area contributed by atoms with Gasteiger partial charge in [0.2, 0.25) is 5.88 Å². The Labute approximate surface area is 227 Å². The summed E-state index contributed by atoms with van der Waals surface area (Å²) in [5.41, 5.74) is 7.59. The largest absolute Gasteiger partial charge is 0.493 e. The van der Waals surface area contributed by atoms with Gasteiger partial charge in [-0.2, -0.15) is 5.26 Å². The topological polar surface area (TPSA) is 104 Å². The molecule has 4 rings (SSSR count). The van der Waals surface area contributed by atoms with Crippen LogP contribution in [0.1, 0.15) is 66.4 Å². The quantitative estimate of drug-likeness (QED) is 0.169. The van der Waals surface area contributed by atoms with Crippen molar-refractivity contribution in [2.24, 2.45) is 5.73 Å². The lowest BCUT2D eigenvalue weighted by Gasteiger charge is -2.27. The van der Waals surface area contributed by atoms with E-state index in [1.165, 1.54) is 43.5 Å². The lowest BCUT2D eigenvalue weighted by molar-refractivity contribution is 0.0729. The number of unbranched alkanes of at least 4 members (excludes halogenated alkanes) is 4. The Morgan fingerprint density at radius 2 is 1.85 bits per heavy atom. The normalized spacial score (nSPS) is 14.2. The van der Waals surface area contributed by atoms with Crippen molar-refractivity contribution in [2.45, 2.75) is 44.9 Å². The zero-order valence-corrected chi connectivity index (χ0v) is 22.0. The Morgan fingerprint density at radius 3 is 2.59 bits per heavy atom. The average molecular weight is 531 g/mol. The number of carbonyl (C=O) groups excluding carboxylic acids is 1. The number of esters is 1. The number of nitriles is 1. The summed E-state index contributed by atoms with van der Waals surface area (Å²) in [6, 6.07) is 18.0. The van der Waals surface area contributed by atoms with Gasteiger partial charge >= 0.3 is 5.97 Å². The molecule has 2 N–H and O–H groups in total. The van der Waals surface area contributed by atoms with Gasteiger partial charge in [0.25, 0.3) is 0 Å². The van der Waals surface area contributed by atoms with Crippen molar-refractivity contribution in [3.05, 3.63) is 94.6 Å². The third-order valence-corrected chi connectivity index (χ3v) is 6.52. The van der Waals surface area contributed by atoms with Gasteiger partial charge in [0.15, 0.2) is 11.5 Å². The molecule has 3 aromatic rings. The van der Waals surface area contributed by atoms with E-state index >= 15 is 0 Å². The fourth-order valence-electron chi connectivity index (χ4n) is 4.50. The Bertz CT molecular complexity index is 1410. The van der Waals surface area contributed by atoms with E-state index in [9.17, 15) is 14.4 Å². The first-order chi connectivity index (χ1) is 19.0. The van der Waals surface area contributed by atoms with Crippen LogP contribution in [0, 0.1) is 17.1 Å². The second-order valence-electron chi connectivity index (χ2n) is 9.17. The van der Waals surface area contributed by atoms with Gasteiger partial charge in [-0.3, -0.25) is 0 Å². The van der Waals surface area contributed by atoms with Crippen LogP contribution in [0.5, 0.6) is 23.0 Å². The number of hydrogen-bond acceptors (Lipinski definition) is 7. The van der Waals surface area contributed by atoms with Crippen molar-refractivity contribution in [2.75, 3.05) is 13.7 Å². The van der Waals surface area contributed by atoms with E-state index in [1.807, 2.05) is 18.2 Å². The van der Waals surface area contributed by atoms with Crippen LogP contribution < -0.4 is 24.7 Å².